The predicted octanol–water partition coefficient (Wildman–Crippen LogP) is 4.75. The van der Waals surface area contributed by atoms with Gasteiger partial charge in [0.25, 0.3) is 17.1 Å². The first-order chi connectivity index (χ1) is 16.3. The molecule has 8 nitrogen and oxygen atoms in total. The predicted molar refractivity (Wildman–Crippen MR) is 132 cm³/mol. The Morgan fingerprint density at radius 3 is 2.59 bits per heavy atom. The van der Waals surface area contributed by atoms with Crippen LogP contribution in [0.2, 0.25) is 5.02 Å². The van der Waals surface area contributed by atoms with E-state index in [1.807, 2.05) is 19.1 Å². The molecule has 1 fully saturated rings. The molecule has 1 saturated heterocycles. The first-order valence-corrected chi connectivity index (χ1v) is 11.6. The Kier molecular flexibility index (Phi) is 8.98. The summed E-state index contributed by atoms with van der Waals surface area (Å²) in [6.45, 7) is 2.43. The highest BCUT2D eigenvalue weighted by Crippen LogP contribution is 2.39. The van der Waals surface area contributed by atoms with Crippen LogP contribution < -0.4 is 14.8 Å². The lowest BCUT2D eigenvalue weighted by atomic mass is 10.1. The molecule has 1 heterocycles. The molecule has 1 aliphatic rings. The minimum absolute atomic E-state index is 0.202. The summed E-state index contributed by atoms with van der Waals surface area (Å²) in [7, 11) is 3.01. The van der Waals surface area contributed by atoms with E-state index >= 15 is 0 Å². The van der Waals surface area contributed by atoms with E-state index in [1.54, 1.807) is 37.5 Å². The maximum Gasteiger partial charge on any atom is 0.293 e. The Hall–Kier alpha value is -3.01. The third-order valence-corrected chi connectivity index (χ3v) is 6.02. The van der Waals surface area contributed by atoms with Crippen LogP contribution in [0.25, 0.3) is 6.08 Å². The Labute approximate surface area is 207 Å². The first kappa shape index (κ1) is 25.6. The fraction of sp³-hybridized carbons (Fsp3) is 0.292. The van der Waals surface area contributed by atoms with Gasteiger partial charge in [-0.25, -0.2) is 0 Å². The lowest BCUT2D eigenvalue weighted by Crippen LogP contribution is -2.29. The normalized spacial score (nSPS) is 14.6. The number of imide groups is 1. The highest BCUT2D eigenvalue weighted by atomic mass is 35.5. The van der Waals surface area contributed by atoms with Gasteiger partial charge in [0.1, 0.15) is 0 Å². The standard InChI is InChI=1S/C24H25ClN2O6S/c1-15-5-7-17(8-6-15)26-21(28)14-33-22-18(25)11-16(12-19(22)32-3)13-20-23(29)27(24(30)34-20)9-4-10-31-2/h5-8,11-13H,4,9-10,14H2,1-3H3,(H,26,28)/b20-13+. The van der Waals surface area contributed by atoms with E-state index in [0.29, 0.717) is 30.0 Å². The zero-order chi connectivity index (χ0) is 24.7. The number of halogens is 1. The van der Waals surface area contributed by atoms with E-state index in [1.165, 1.54) is 12.0 Å². The molecule has 1 N–H and O–H groups in total. The summed E-state index contributed by atoms with van der Waals surface area (Å²) in [5.41, 5.74) is 2.30. The average molecular weight is 505 g/mol. The van der Waals surface area contributed by atoms with E-state index in [0.717, 1.165) is 17.3 Å². The number of hydrogen-bond acceptors (Lipinski definition) is 7. The second-order valence-corrected chi connectivity index (χ2v) is 8.82. The van der Waals surface area contributed by atoms with Crippen molar-refractivity contribution in [2.75, 3.05) is 39.3 Å². The van der Waals surface area contributed by atoms with Gasteiger partial charge in [-0.3, -0.25) is 19.3 Å². The minimum atomic E-state index is -0.366. The summed E-state index contributed by atoms with van der Waals surface area (Å²) in [6.07, 6.45) is 2.13. The van der Waals surface area contributed by atoms with Crippen molar-refractivity contribution in [1.29, 1.82) is 0 Å². The van der Waals surface area contributed by atoms with Crippen molar-refractivity contribution in [3.63, 3.8) is 0 Å². The van der Waals surface area contributed by atoms with E-state index < -0.39 is 0 Å². The molecular weight excluding hydrogens is 480 g/mol. The second-order valence-electron chi connectivity index (χ2n) is 7.42. The summed E-state index contributed by atoms with van der Waals surface area (Å²) in [5.74, 6) is -0.225. The van der Waals surface area contributed by atoms with Crippen LogP contribution in [0.5, 0.6) is 11.5 Å². The molecule has 2 aromatic rings. The number of carbonyl (C=O) groups is 3. The molecular formula is C24H25ClN2O6S. The van der Waals surface area contributed by atoms with Crippen molar-refractivity contribution in [2.45, 2.75) is 13.3 Å². The maximum absolute atomic E-state index is 12.6. The second kappa shape index (κ2) is 11.9. The lowest BCUT2D eigenvalue weighted by Gasteiger charge is -2.14. The van der Waals surface area contributed by atoms with Crippen molar-refractivity contribution in [3.05, 3.63) is 57.5 Å². The Morgan fingerprint density at radius 1 is 1.18 bits per heavy atom. The van der Waals surface area contributed by atoms with Gasteiger partial charge in [-0.2, -0.15) is 0 Å². The Balaban J connectivity index is 1.69. The van der Waals surface area contributed by atoms with Crippen molar-refractivity contribution >= 4 is 52.2 Å². The minimum Gasteiger partial charge on any atom is -0.493 e. The number of amides is 3. The third-order valence-electron chi connectivity index (χ3n) is 4.84. The van der Waals surface area contributed by atoms with Gasteiger partial charge in [-0.05, 0) is 61.0 Å². The molecule has 0 radical (unpaired) electrons. The first-order valence-electron chi connectivity index (χ1n) is 10.4. The molecule has 1 aliphatic heterocycles. The zero-order valence-electron chi connectivity index (χ0n) is 19.1. The molecule has 10 heteroatoms. The van der Waals surface area contributed by atoms with Gasteiger partial charge in [0.15, 0.2) is 18.1 Å². The van der Waals surface area contributed by atoms with Crippen LogP contribution in [0.3, 0.4) is 0 Å². The number of benzene rings is 2. The van der Waals surface area contributed by atoms with Gasteiger partial charge >= 0.3 is 0 Å². The number of hydrogen-bond donors (Lipinski definition) is 1. The van der Waals surface area contributed by atoms with Crippen LogP contribution in [0.4, 0.5) is 10.5 Å². The summed E-state index contributed by atoms with van der Waals surface area (Å²) in [4.78, 5) is 38.5. The lowest BCUT2D eigenvalue weighted by molar-refractivity contribution is -0.123. The molecule has 180 valence electrons. The highest BCUT2D eigenvalue weighted by molar-refractivity contribution is 8.18. The van der Waals surface area contributed by atoms with E-state index in [-0.39, 0.29) is 45.9 Å². The van der Waals surface area contributed by atoms with E-state index in [9.17, 15) is 14.4 Å². The fourth-order valence-corrected chi connectivity index (χ4v) is 4.28. The molecule has 3 rings (SSSR count). The SMILES string of the molecule is COCCCN1C(=O)S/C(=C/c2cc(Cl)c(OCC(=O)Nc3ccc(C)cc3)c(OC)c2)C1=O. The molecule has 0 saturated carbocycles. The highest BCUT2D eigenvalue weighted by Gasteiger charge is 2.34. The number of ether oxygens (including phenoxy) is 3. The van der Waals surface area contributed by atoms with Crippen molar-refractivity contribution in [2.24, 2.45) is 0 Å². The van der Waals surface area contributed by atoms with E-state index in [2.05, 4.69) is 5.32 Å². The molecule has 0 aromatic heterocycles. The Morgan fingerprint density at radius 2 is 1.91 bits per heavy atom. The van der Waals surface area contributed by atoms with Crippen LogP contribution in [-0.4, -0.2) is 55.9 Å². The van der Waals surface area contributed by atoms with E-state index in [4.69, 9.17) is 25.8 Å². The quantitative estimate of drug-likeness (QED) is 0.368. The smallest absolute Gasteiger partial charge is 0.293 e. The van der Waals surface area contributed by atoms with Gasteiger partial charge in [0.05, 0.1) is 17.0 Å². The topological polar surface area (TPSA) is 94.2 Å². The van der Waals surface area contributed by atoms with Gasteiger partial charge in [-0.15, -0.1) is 0 Å². The molecule has 0 bridgehead atoms. The molecule has 0 aliphatic carbocycles. The van der Waals surface area contributed by atoms with Gasteiger partial charge in [-0.1, -0.05) is 29.3 Å². The van der Waals surface area contributed by atoms with Crippen LogP contribution in [0, 0.1) is 6.92 Å². The van der Waals surface area contributed by atoms with Crippen LogP contribution in [-0.2, 0) is 14.3 Å². The van der Waals surface area contributed by atoms with Gasteiger partial charge in [0.2, 0.25) is 0 Å². The summed E-state index contributed by atoms with van der Waals surface area (Å²) in [6, 6.07) is 10.6. The molecule has 0 atom stereocenters. The number of nitrogens with zero attached hydrogens (tertiary/aromatic N) is 1. The van der Waals surface area contributed by atoms with Crippen LogP contribution in [0.15, 0.2) is 41.3 Å². The summed E-state index contributed by atoms with van der Waals surface area (Å²) < 4.78 is 16.0. The molecule has 3 amide bonds. The van der Waals surface area contributed by atoms with Crippen molar-refractivity contribution in [1.82, 2.24) is 4.90 Å². The van der Waals surface area contributed by atoms with Crippen molar-refractivity contribution in [3.8, 4) is 11.5 Å². The maximum atomic E-state index is 12.6. The van der Waals surface area contributed by atoms with Crippen molar-refractivity contribution < 1.29 is 28.6 Å². The Bertz CT molecular complexity index is 1100. The number of anilines is 1. The number of thioether (sulfide) groups is 1. The number of aryl methyl sites for hydroxylation is 1. The number of nitrogens with one attached hydrogen (secondary N) is 1. The zero-order valence-corrected chi connectivity index (χ0v) is 20.6. The molecule has 0 unspecified atom stereocenters. The number of carbonyl (C=O) groups excluding carboxylic acids is 3. The largest absolute Gasteiger partial charge is 0.493 e. The molecule has 2 aromatic carbocycles. The van der Waals surface area contributed by atoms with Gasteiger partial charge in [0, 0.05) is 25.9 Å². The fourth-order valence-electron chi connectivity index (χ4n) is 3.15. The summed E-state index contributed by atoms with van der Waals surface area (Å²) in [5, 5.41) is 2.62. The average Bonchev–Trinajstić information content (AvgIpc) is 3.07. The molecule has 34 heavy (non-hydrogen) atoms. The molecule has 0 spiro atoms. The third kappa shape index (κ3) is 6.53. The monoisotopic (exact) mass is 504 g/mol. The number of methoxy groups -OCH3 is 2. The number of rotatable bonds is 10. The van der Waals surface area contributed by atoms with Crippen LogP contribution >= 0.6 is 23.4 Å². The van der Waals surface area contributed by atoms with Crippen LogP contribution in [0.1, 0.15) is 17.5 Å². The summed E-state index contributed by atoms with van der Waals surface area (Å²) >= 11 is 7.25. The van der Waals surface area contributed by atoms with Gasteiger partial charge < -0.3 is 19.5 Å².